The molecule has 1 fully saturated rings. The van der Waals surface area contributed by atoms with Crippen molar-refractivity contribution < 1.29 is 28.7 Å². The summed E-state index contributed by atoms with van der Waals surface area (Å²) in [6.45, 7) is 3.05. The van der Waals surface area contributed by atoms with Crippen molar-refractivity contribution in [2.24, 2.45) is 5.41 Å². The third kappa shape index (κ3) is 3.80. The summed E-state index contributed by atoms with van der Waals surface area (Å²) in [4.78, 5) is 47.4. The zero-order valence-electron chi connectivity index (χ0n) is 12.6. The Balaban J connectivity index is 3.03. The van der Waals surface area contributed by atoms with Gasteiger partial charge in [0.15, 0.2) is 0 Å². The normalized spacial score (nSPS) is 22.5. The van der Waals surface area contributed by atoms with Crippen LogP contribution in [0.1, 0.15) is 39.5 Å². The van der Waals surface area contributed by atoms with E-state index in [4.69, 9.17) is 4.74 Å². The minimum absolute atomic E-state index is 0.128. The Kier molecular flexibility index (Phi) is 5.87. The van der Waals surface area contributed by atoms with Gasteiger partial charge in [-0.05, 0) is 19.8 Å². The first kappa shape index (κ1) is 17.1. The van der Waals surface area contributed by atoms with E-state index >= 15 is 0 Å². The Hall–Kier alpha value is -1.92. The summed E-state index contributed by atoms with van der Waals surface area (Å²) >= 11 is 0. The lowest BCUT2D eigenvalue weighted by molar-refractivity contribution is -0.161. The van der Waals surface area contributed by atoms with Gasteiger partial charge in [-0.15, -0.1) is 0 Å². The smallest absolute Gasteiger partial charge is 0.328 e. The van der Waals surface area contributed by atoms with E-state index in [1.807, 2.05) is 0 Å². The summed E-state index contributed by atoms with van der Waals surface area (Å²) in [7, 11) is 1.19. The van der Waals surface area contributed by atoms with Crippen LogP contribution in [0.2, 0.25) is 0 Å². The van der Waals surface area contributed by atoms with E-state index in [-0.39, 0.29) is 25.2 Å². The molecule has 2 atom stereocenters. The SMILES string of the molecule is CCOC(=O)[C@]1(C[C@H](NC(C)=O)C(=O)OC)CCCC1=O. The molecule has 0 heterocycles. The molecule has 21 heavy (non-hydrogen) atoms. The Morgan fingerprint density at radius 1 is 1.38 bits per heavy atom. The number of Topliss-reactive ketones (excluding diaryl/α,β-unsaturated/α-hetero) is 1. The van der Waals surface area contributed by atoms with Gasteiger partial charge >= 0.3 is 11.9 Å². The first-order chi connectivity index (χ1) is 9.87. The number of carbonyl (C=O) groups excluding carboxylic acids is 4. The number of nitrogens with one attached hydrogen (secondary N) is 1. The molecule has 1 amide bonds. The van der Waals surface area contributed by atoms with E-state index in [1.54, 1.807) is 6.92 Å². The number of esters is 2. The molecule has 0 bridgehead atoms. The molecular formula is C14H21NO6. The Morgan fingerprint density at radius 3 is 2.48 bits per heavy atom. The Morgan fingerprint density at radius 2 is 2.05 bits per heavy atom. The summed E-state index contributed by atoms with van der Waals surface area (Å²) in [6.07, 6.45) is 1.02. The molecule has 0 aromatic rings. The van der Waals surface area contributed by atoms with Crippen LogP contribution in [-0.2, 0) is 28.7 Å². The van der Waals surface area contributed by atoms with Gasteiger partial charge in [0.1, 0.15) is 17.2 Å². The molecule has 0 aliphatic heterocycles. The molecule has 1 aliphatic rings. The van der Waals surface area contributed by atoms with Crippen LogP contribution in [-0.4, -0.2) is 43.4 Å². The van der Waals surface area contributed by atoms with Crippen LogP contribution >= 0.6 is 0 Å². The Bertz CT molecular complexity index is 447. The molecule has 1 rings (SSSR count). The maximum absolute atomic E-state index is 12.2. The fraction of sp³-hybridized carbons (Fsp3) is 0.714. The number of amides is 1. The third-order valence-corrected chi connectivity index (χ3v) is 3.62. The summed E-state index contributed by atoms with van der Waals surface area (Å²) in [5.41, 5.74) is -1.36. The molecular weight excluding hydrogens is 278 g/mol. The number of ketones is 1. The van der Waals surface area contributed by atoms with E-state index in [0.717, 1.165) is 0 Å². The van der Waals surface area contributed by atoms with Gasteiger partial charge < -0.3 is 14.8 Å². The number of ether oxygens (including phenoxy) is 2. The third-order valence-electron chi connectivity index (χ3n) is 3.62. The zero-order chi connectivity index (χ0) is 16.0. The van der Waals surface area contributed by atoms with E-state index in [2.05, 4.69) is 10.1 Å². The molecule has 0 aromatic carbocycles. The highest BCUT2D eigenvalue weighted by Crippen LogP contribution is 2.40. The van der Waals surface area contributed by atoms with Crippen molar-refractivity contribution >= 4 is 23.6 Å². The van der Waals surface area contributed by atoms with Gasteiger partial charge in [-0.1, -0.05) is 0 Å². The average Bonchev–Trinajstić information content (AvgIpc) is 2.79. The van der Waals surface area contributed by atoms with Crippen LogP contribution in [0.25, 0.3) is 0 Å². The maximum Gasteiger partial charge on any atom is 0.328 e. The Labute approximate surface area is 123 Å². The summed E-state index contributed by atoms with van der Waals surface area (Å²) in [6, 6.07) is -1.04. The van der Waals surface area contributed by atoms with Crippen molar-refractivity contribution in [3.8, 4) is 0 Å². The molecule has 0 unspecified atom stereocenters. The topological polar surface area (TPSA) is 98.8 Å². The van der Waals surface area contributed by atoms with Gasteiger partial charge in [0.05, 0.1) is 13.7 Å². The van der Waals surface area contributed by atoms with Gasteiger partial charge in [0, 0.05) is 19.8 Å². The van der Waals surface area contributed by atoms with Gasteiger partial charge in [0.2, 0.25) is 5.91 Å². The number of carbonyl (C=O) groups is 4. The number of hydrogen-bond donors (Lipinski definition) is 1. The van der Waals surface area contributed by atoms with Gasteiger partial charge in [-0.2, -0.15) is 0 Å². The van der Waals surface area contributed by atoms with E-state index in [0.29, 0.717) is 12.8 Å². The minimum Gasteiger partial charge on any atom is -0.467 e. The molecule has 0 spiro atoms. The lowest BCUT2D eigenvalue weighted by Gasteiger charge is -2.28. The van der Waals surface area contributed by atoms with Crippen LogP contribution in [0.4, 0.5) is 0 Å². The van der Waals surface area contributed by atoms with Gasteiger partial charge in [0.25, 0.3) is 0 Å². The average molecular weight is 299 g/mol. The standard InChI is InChI=1S/C14H21NO6/c1-4-21-13(19)14(7-5-6-11(14)17)8-10(12(18)20-3)15-9(2)16/h10H,4-8H2,1-3H3,(H,15,16)/t10-,14-/m0/s1. The van der Waals surface area contributed by atoms with Crippen molar-refractivity contribution in [3.05, 3.63) is 0 Å². The highest BCUT2D eigenvalue weighted by Gasteiger charge is 2.52. The van der Waals surface area contributed by atoms with Crippen LogP contribution in [0.5, 0.6) is 0 Å². The van der Waals surface area contributed by atoms with Crippen LogP contribution in [0.15, 0.2) is 0 Å². The molecule has 1 N–H and O–H groups in total. The first-order valence-electron chi connectivity index (χ1n) is 6.93. The second-order valence-corrected chi connectivity index (χ2v) is 5.06. The first-order valence-corrected chi connectivity index (χ1v) is 6.93. The summed E-state index contributed by atoms with van der Waals surface area (Å²) in [5.74, 6) is -2.00. The maximum atomic E-state index is 12.2. The minimum atomic E-state index is -1.36. The molecule has 1 saturated carbocycles. The van der Waals surface area contributed by atoms with Crippen LogP contribution in [0.3, 0.4) is 0 Å². The monoisotopic (exact) mass is 299 g/mol. The number of rotatable bonds is 6. The van der Waals surface area contributed by atoms with E-state index < -0.39 is 29.3 Å². The highest BCUT2D eigenvalue weighted by atomic mass is 16.5. The predicted molar refractivity (Wildman–Crippen MR) is 72.2 cm³/mol. The van der Waals surface area contributed by atoms with Gasteiger partial charge in [-0.3, -0.25) is 14.4 Å². The second-order valence-electron chi connectivity index (χ2n) is 5.06. The molecule has 1 aliphatic carbocycles. The largest absolute Gasteiger partial charge is 0.467 e. The lowest BCUT2D eigenvalue weighted by atomic mass is 9.79. The van der Waals surface area contributed by atoms with E-state index in [1.165, 1.54) is 14.0 Å². The molecule has 0 aromatic heterocycles. The highest BCUT2D eigenvalue weighted by molar-refractivity contribution is 6.05. The molecule has 0 radical (unpaired) electrons. The van der Waals surface area contributed by atoms with Crippen molar-refractivity contribution in [1.29, 1.82) is 0 Å². The van der Waals surface area contributed by atoms with Crippen molar-refractivity contribution in [1.82, 2.24) is 5.32 Å². The van der Waals surface area contributed by atoms with Crippen molar-refractivity contribution in [3.63, 3.8) is 0 Å². The molecule has 118 valence electrons. The molecule has 7 nitrogen and oxygen atoms in total. The van der Waals surface area contributed by atoms with Crippen molar-refractivity contribution in [2.75, 3.05) is 13.7 Å². The fourth-order valence-electron chi connectivity index (χ4n) is 2.64. The zero-order valence-corrected chi connectivity index (χ0v) is 12.6. The summed E-state index contributed by atoms with van der Waals surface area (Å²) < 4.78 is 9.62. The van der Waals surface area contributed by atoms with E-state index in [9.17, 15) is 19.2 Å². The van der Waals surface area contributed by atoms with Crippen LogP contribution < -0.4 is 5.32 Å². The molecule has 0 saturated heterocycles. The second kappa shape index (κ2) is 7.19. The summed E-state index contributed by atoms with van der Waals surface area (Å²) in [5, 5.41) is 2.43. The number of hydrogen-bond acceptors (Lipinski definition) is 6. The van der Waals surface area contributed by atoms with Crippen LogP contribution in [0, 0.1) is 5.41 Å². The lowest BCUT2D eigenvalue weighted by Crippen LogP contribution is -2.48. The fourth-order valence-corrected chi connectivity index (χ4v) is 2.64. The van der Waals surface area contributed by atoms with Gasteiger partial charge in [-0.25, -0.2) is 4.79 Å². The number of methoxy groups -OCH3 is 1. The molecule has 7 heteroatoms. The predicted octanol–water partition coefficient (Wildman–Crippen LogP) is 0.357. The van der Waals surface area contributed by atoms with Crippen molar-refractivity contribution in [2.45, 2.75) is 45.6 Å². The quantitative estimate of drug-likeness (QED) is 0.561.